The van der Waals surface area contributed by atoms with Crippen molar-refractivity contribution in [2.45, 2.75) is 32.7 Å². The molecule has 2 heteroatoms. The van der Waals surface area contributed by atoms with E-state index in [-0.39, 0.29) is 12.1 Å². The number of anilines is 1. The molecule has 1 aromatic carbocycles. The molecule has 1 atom stereocenters. The van der Waals surface area contributed by atoms with Crippen LogP contribution in [0.3, 0.4) is 0 Å². The van der Waals surface area contributed by atoms with Gasteiger partial charge in [0.2, 0.25) is 0 Å². The first kappa shape index (κ1) is 11.1. The van der Waals surface area contributed by atoms with Crippen LogP contribution in [0.2, 0.25) is 0 Å². The maximum absolute atomic E-state index is 9.27. The van der Waals surface area contributed by atoms with Gasteiger partial charge in [-0.2, -0.15) is 0 Å². The van der Waals surface area contributed by atoms with E-state index in [1.54, 1.807) is 0 Å². The van der Waals surface area contributed by atoms with Crippen LogP contribution < -0.4 is 5.32 Å². The molecule has 1 rings (SSSR count). The molecule has 2 N–H and O–H groups in total. The Kier molecular flexibility index (Phi) is 3.53. The fourth-order valence-electron chi connectivity index (χ4n) is 1.28. The van der Waals surface area contributed by atoms with Crippen molar-refractivity contribution in [1.82, 2.24) is 0 Å². The van der Waals surface area contributed by atoms with E-state index >= 15 is 0 Å². The average Bonchev–Trinajstić information content (AvgIpc) is 2.21. The lowest BCUT2D eigenvalue weighted by Gasteiger charge is -2.29. The molecule has 0 aromatic heterocycles. The smallest absolute Gasteiger partial charge is 0.0658 e. The first-order valence-electron chi connectivity index (χ1n) is 5.06. The van der Waals surface area contributed by atoms with Crippen molar-refractivity contribution in [2.24, 2.45) is 0 Å². The number of aliphatic hydroxyl groups excluding tert-OH is 1. The Labute approximate surface area is 86.0 Å². The van der Waals surface area contributed by atoms with Crippen LogP contribution in [0.15, 0.2) is 24.3 Å². The number of aryl methyl sites for hydroxylation is 1. The van der Waals surface area contributed by atoms with Crippen molar-refractivity contribution in [2.75, 3.05) is 11.9 Å². The average molecular weight is 193 g/mol. The van der Waals surface area contributed by atoms with E-state index in [0.717, 1.165) is 12.1 Å². The van der Waals surface area contributed by atoms with E-state index in [9.17, 15) is 5.11 Å². The van der Waals surface area contributed by atoms with Crippen LogP contribution in [-0.4, -0.2) is 17.3 Å². The predicted octanol–water partition coefficient (Wildman–Crippen LogP) is 2.57. The lowest BCUT2D eigenvalue weighted by Crippen LogP contribution is -2.38. The summed E-state index contributed by atoms with van der Waals surface area (Å²) in [5, 5.41) is 12.6. The zero-order valence-corrected chi connectivity index (χ0v) is 9.17. The Balaban J connectivity index is 2.82. The number of benzene rings is 1. The van der Waals surface area contributed by atoms with Gasteiger partial charge in [0.1, 0.15) is 0 Å². The predicted molar refractivity (Wildman–Crippen MR) is 60.6 cm³/mol. The minimum atomic E-state index is -0.216. The number of rotatable bonds is 4. The molecule has 1 aromatic rings. The van der Waals surface area contributed by atoms with Crippen LogP contribution >= 0.6 is 0 Å². The minimum absolute atomic E-state index is 0.151. The fraction of sp³-hybridized carbons (Fsp3) is 0.500. The second-order valence-corrected chi connectivity index (χ2v) is 4.01. The third kappa shape index (κ3) is 2.48. The van der Waals surface area contributed by atoms with E-state index in [1.165, 1.54) is 5.56 Å². The van der Waals surface area contributed by atoms with Gasteiger partial charge in [0.25, 0.3) is 0 Å². The first-order valence-corrected chi connectivity index (χ1v) is 5.06. The topological polar surface area (TPSA) is 32.3 Å². The third-order valence-electron chi connectivity index (χ3n) is 2.71. The van der Waals surface area contributed by atoms with Gasteiger partial charge >= 0.3 is 0 Å². The van der Waals surface area contributed by atoms with Crippen LogP contribution in [0.5, 0.6) is 0 Å². The number of para-hydroxylation sites is 1. The summed E-state index contributed by atoms with van der Waals surface area (Å²) >= 11 is 0. The van der Waals surface area contributed by atoms with Gasteiger partial charge in [0.05, 0.1) is 12.1 Å². The van der Waals surface area contributed by atoms with Crippen LogP contribution in [0.1, 0.15) is 25.8 Å². The lowest BCUT2D eigenvalue weighted by molar-refractivity contribution is 0.219. The van der Waals surface area contributed by atoms with Crippen molar-refractivity contribution in [3.63, 3.8) is 0 Å². The van der Waals surface area contributed by atoms with Crippen LogP contribution in [0, 0.1) is 6.92 Å². The third-order valence-corrected chi connectivity index (χ3v) is 2.71. The van der Waals surface area contributed by atoms with E-state index < -0.39 is 0 Å². The van der Waals surface area contributed by atoms with Crippen molar-refractivity contribution in [3.8, 4) is 0 Å². The number of nitrogens with one attached hydrogen (secondary N) is 1. The molecular weight excluding hydrogens is 174 g/mol. The molecule has 0 aliphatic carbocycles. The molecule has 0 fully saturated rings. The van der Waals surface area contributed by atoms with Gasteiger partial charge < -0.3 is 10.4 Å². The molecule has 0 aliphatic rings. The SMILES string of the molecule is CCC(C)(CO)Nc1ccccc1C. The minimum Gasteiger partial charge on any atom is -0.394 e. The van der Waals surface area contributed by atoms with Gasteiger partial charge in [-0.05, 0) is 31.9 Å². The van der Waals surface area contributed by atoms with Gasteiger partial charge in [0, 0.05) is 5.69 Å². The highest BCUT2D eigenvalue weighted by molar-refractivity contribution is 5.52. The highest BCUT2D eigenvalue weighted by Gasteiger charge is 2.20. The summed E-state index contributed by atoms with van der Waals surface area (Å²) in [6, 6.07) is 8.13. The van der Waals surface area contributed by atoms with Gasteiger partial charge in [-0.1, -0.05) is 25.1 Å². The summed E-state index contributed by atoms with van der Waals surface area (Å²) in [6.07, 6.45) is 0.901. The van der Waals surface area contributed by atoms with Gasteiger partial charge in [-0.25, -0.2) is 0 Å². The van der Waals surface area contributed by atoms with Crippen molar-refractivity contribution < 1.29 is 5.11 Å². The largest absolute Gasteiger partial charge is 0.394 e. The number of hydrogen-bond acceptors (Lipinski definition) is 2. The molecule has 0 saturated carbocycles. The molecule has 0 radical (unpaired) electrons. The monoisotopic (exact) mass is 193 g/mol. The molecule has 0 spiro atoms. The molecule has 0 aliphatic heterocycles. The second kappa shape index (κ2) is 4.47. The Morgan fingerprint density at radius 1 is 1.36 bits per heavy atom. The van der Waals surface area contributed by atoms with E-state index in [0.29, 0.717) is 0 Å². The Morgan fingerprint density at radius 2 is 2.00 bits per heavy atom. The summed E-state index contributed by atoms with van der Waals surface area (Å²) in [7, 11) is 0. The summed E-state index contributed by atoms with van der Waals surface area (Å²) in [5.74, 6) is 0. The highest BCUT2D eigenvalue weighted by atomic mass is 16.3. The Hall–Kier alpha value is -1.02. The molecule has 0 bridgehead atoms. The summed E-state index contributed by atoms with van der Waals surface area (Å²) in [6.45, 7) is 6.31. The number of hydrogen-bond donors (Lipinski definition) is 2. The molecular formula is C12H19NO. The van der Waals surface area contributed by atoms with E-state index in [2.05, 4.69) is 25.2 Å². The Morgan fingerprint density at radius 3 is 2.50 bits per heavy atom. The van der Waals surface area contributed by atoms with Gasteiger partial charge in [-0.15, -0.1) is 0 Å². The molecule has 78 valence electrons. The van der Waals surface area contributed by atoms with E-state index in [1.807, 2.05) is 25.1 Å². The van der Waals surface area contributed by atoms with Crippen molar-refractivity contribution in [3.05, 3.63) is 29.8 Å². The molecule has 14 heavy (non-hydrogen) atoms. The summed E-state index contributed by atoms with van der Waals surface area (Å²) < 4.78 is 0. The maximum Gasteiger partial charge on any atom is 0.0658 e. The standard InChI is InChI=1S/C12H19NO/c1-4-12(3,9-14)13-11-8-6-5-7-10(11)2/h5-8,13-14H,4,9H2,1-3H3. The van der Waals surface area contributed by atoms with Crippen LogP contribution in [-0.2, 0) is 0 Å². The molecule has 0 amide bonds. The molecule has 0 heterocycles. The van der Waals surface area contributed by atoms with Crippen LogP contribution in [0.4, 0.5) is 5.69 Å². The van der Waals surface area contributed by atoms with Crippen molar-refractivity contribution >= 4 is 5.69 Å². The zero-order chi connectivity index (χ0) is 10.6. The van der Waals surface area contributed by atoms with Gasteiger partial charge in [-0.3, -0.25) is 0 Å². The number of aliphatic hydroxyl groups is 1. The fourth-order valence-corrected chi connectivity index (χ4v) is 1.28. The highest BCUT2D eigenvalue weighted by Crippen LogP contribution is 2.20. The zero-order valence-electron chi connectivity index (χ0n) is 9.17. The van der Waals surface area contributed by atoms with E-state index in [4.69, 9.17) is 0 Å². The molecule has 2 nitrogen and oxygen atoms in total. The summed E-state index contributed by atoms with van der Waals surface area (Å²) in [5.41, 5.74) is 2.10. The molecule has 1 unspecified atom stereocenters. The quantitative estimate of drug-likeness (QED) is 0.770. The Bertz CT molecular complexity index is 292. The summed E-state index contributed by atoms with van der Waals surface area (Å²) in [4.78, 5) is 0. The van der Waals surface area contributed by atoms with Crippen molar-refractivity contribution in [1.29, 1.82) is 0 Å². The first-order chi connectivity index (χ1) is 6.61. The molecule has 0 saturated heterocycles. The van der Waals surface area contributed by atoms with Crippen LogP contribution in [0.25, 0.3) is 0 Å². The normalized spacial score (nSPS) is 14.9. The maximum atomic E-state index is 9.27. The van der Waals surface area contributed by atoms with Gasteiger partial charge in [0.15, 0.2) is 0 Å². The second-order valence-electron chi connectivity index (χ2n) is 4.01. The lowest BCUT2D eigenvalue weighted by atomic mass is 9.99.